The van der Waals surface area contributed by atoms with Crippen molar-refractivity contribution in [2.75, 3.05) is 51.8 Å². The van der Waals surface area contributed by atoms with Gasteiger partial charge in [0.05, 0.1) is 12.1 Å². The molecule has 1 aromatic rings. The summed E-state index contributed by atoms with van der Waals surface area (Å²) in [5.74, 6) is 0.813. The lowest BCUT2D eigenvalue weighted by Gasteiger charge is -2.37. The predicted octanol–water partition coefficient (Wildman–Crippen LogP) is 1.79. The van der Waals surface area contributed by atoms with Gasteiger partial charge in [0.1, 0.15) is 0 Å². The molecule has 0 unspecified atom stereocenters. The summed E-state index contributed by atoms with van der Waals surface area (Å²) >= 11 is 1.79. The average molecular weight is 338 g/mol. The lowest BCUT2D eigenvalue weighted by Crippen LogP contribution is -2.52. The first-order valence-electron chi connectivity index (χ1n) is 8.05. The van der Waals surface area contributed by atoms with Crippen LogP contribution in [0, 0.1) is 0 Å². The fraction of sp³-hybridized carbons (Fsp3) is 0.625. The molecule has 1 aliphatic heterocycles. The van der Waals surface area contributed by atoms with Crippen LogP contribution in [0.2, 0.25) is 0 Å². The third-order valence-corrected chi connectivity index (χ3v) is 4.86. The molecule has 0 amide bonds. The van der Waals surface area contributed by atoms with Crippen LogP contribution < -0.4 is 10.2 Å². The Kier molecular flexibility index (Phi) is 7.19. The van der Waals surface area contributed by atoms with Gasteiger partial charge in [0.25, 0.3) is 0 Å². The average Bonchev–Trinajstić information content (AvgIpc) is 3.12. The van der Waals surface area contributed by atoms with Crippen molar-refractivity contribution in [2.24, 2.45) is 4.99 Å². The summed E-state index contributed by atoms with van der Waals surface area (Å²) in [6.45, 7) is 4.81. The molecule has 1 N–H and O–H groups in total. The van der Waals surface area contributed by atoms with Crippen molar-refractivity contribution < 1.29 is 9.53 Å². The molecule has 6 nitrogen and oxygen atoms in total. The first-order chi connectivity index (χ1) is 11.2. The number of hydrogen-bond acceptors (Lipinski definition) is 5. The Balaban J connectivity index is 1.68. The zero-order valence-corrected chi connectivity index (χ0v) is 14.8. The maximum Gasteiger partial charge on any atom is 0.305 e. The lowest BCUT2D eigenvalue weighted by molar-refractivity contribution is -0.140. The molecule has 1 aromatic heterocycles. The number of piperazine rings is 1. The molecule has 1 saturated heterocycles. The number of guanidine groups is 1. The second kappa shape index (κ2) is 9.39. The molecule has 128 valence electrons. The zero-order valence-electron chi connectivity index (χ0n) is 14.0. The van der Waals surface area contributed by atoms with Crippen LogP contribution in [0.25, 0.3) is 0 Å². The number of carbonyl (C=O) groups is 1. The standard InChI is InChI=1S/C16H26N4O2S/c1-17-16(18-8-4-3-7-15(21)22-2)20-11-9-19(10-12-20)14-6-5-13-23-14/h5-6,13H,3-4,7-12H2,1-2H3,(H,17,18). The van der Waals surface area contributed by atoms with Crippen LogP contribution in [0.3, 0.4) is 0 Å². The fourth-order valence-electron chi connectivity index (χ4n) is 2.62. The van der Waals surface area contributed by atoms with Crippen molar-refractivity contribution in [2.45, 2.75) is 19.3 Å². The second-order valence-corrected chi connectivity index (χ2v) is 6.36. The molecule has 1 fully saturated rings. The van der Waals surface area contributed by atoms with E-state index in [0.717, 1.165) is 51.5 Å². The minimum absolute atomic E-state index is 0.140. The summed E-state index contributed by atoms with van der Waals surface area (Å²) in [6, 6.07) is 4.27. The van der Waals surface area contributed by atoms with Crippen LogP contribution in [0.5, 0.6) is 0 Å². The van der Waals surface area contributed by atoms with Gasteiger partial charge in [0.2, 0.25) is 0 Å². The molecule has 0 saturated carbocycles. The van der Waals surface area contributed by atoms with Gasteiger partial charge in [0, 0.05) is 46.2 Å². The maximum absolute atomic E-state index is 11.1. The van der Waals surface area contributed by atoms with Crippen LogP contribution in [-0.2, 0) is 9.53 Å². The van der Waals surface area contributed by atoms with Crippen LogP contribution in [0.1, 0.15) is 19.3 Å². The highest BCUT2D eigenvalue weighted by atomic mass is 32.1. The summed E-state index contributed by atoms with van der Waals surface area (Å²) in [5, 5.41) is 6.85. The summed E-state index contributed by atoms with van der Waals surface area (Å²) in [7, 11) is 3.25. The quantitative estimate of drug-likeness (QED) is 0.371. The van der Waals surface area contributed by atoms with E-state index in [-0.39, 0.29) is 5.97 Å². The van der Waals surface area contributed by atoms with Gasteiger partial charge in [-0.25, -0.2) is 0 Å². The maximum atomic E-state index is 11.1. The first kappa shape index (κ1) is 17.6. The third kappa shape index (κ3) is 5.42. The third-order valence-electron chi connectivity index (χ3n) is 3.93. The van der Waals surface area contributed by atoms with Gasteiger partial charge in [0.15, 0.2) is 5.96 Å². The zero-order chi connectivity index (χ0) is 16.5. The first-order valence-corrected chi connectivity index (χ1v) is 8.93. The van der Waals surface area contributed by atoms with E-state index in [4.69, 9.17) is 0 Å². The van der Waals surface area contributed by atoms with Crippen LogP contribution >= 0.6 is 11.3 Å². The van der Waals surface area contributed by atoms with E-state index in [2.05, 4.69) is 42.4 Å². The van der Waals surface area contributed by atoms with Crippen LogP contribution in [0.15, 0.2) is 22.5 Å². The number of nitrogens with zero attached hydrogens (tertiary/aromatic N) is 3. The number of carbonyl (C=O) groups excluding carboxylic acids is 1. The molecule has 7 heteroatoms. The molecule has 0 spiro atoms. The highest BCUT2D eigenvalue weighted by Crippen LogP contribution is 2.22. The summed E-state index contributed by atoms with van der Waals surface area (Å²) in [4.78, 5) is 20.2. The van der Waals surface area contributed by atoms with E-state index in [1.165, 1.54) is 12.1 Å². The highest BCUT2D eigenvalue weighted by Gasteiger charge is 2.19. The molecule has 1 aliphatic rings. The van der Waals surface area contributed by atoms with Gasteiger partial charge in [-0.05, 0) is 30.4 Å². The van der Waals surface area contributed by atoms with Gasteiger partial charge in [-0.3, -0.25) is 9.79 Å². The number of thiophene rings is 1. The Morgan fingerprint density at radius 3 is 2.74 bits per heavy atom. The normalized spacial score (nSPS) is 15.7. The minimum Gasteiger partial charge on any atom is -0.469 e. The summed E-state index contributed by atoms with van der Waals surface area (Å²) in [5.41, 5.74) is 0. The Labute approximate surface area is 142 Å². The SMILES string of the molecule is CN=C(NCCCCC(=O)OC)N1CCN(c2cccs2)CC1. The molecule has 23 heavy (non-hydrogen) atoms. The number of unbranched alkanes of at least 4 members (excludes halogenated alkanes) is 1. The van der Waals surface area contributed by atoms with E-state index in [1.54, 1.807) is 11.3 Å². The Bertz CT molecular complexity index is 496. The van der Waals surface area contributed by atoms with Gasteiger partial charge >= 0.3 is 5.97 Å². The Morgan fingerprint density at radius 1 is 1.35 bits per heavy atom. The van der Waals surface area contributed by atoms with Crippen molar-refractivity contribution in [1.82, 2.24) is 10.2 Å². The number of rotatable bonds is 6. The summed E-state index contributed by atoms with van der Waals surface area (Å²) in [6.07, 6.45) is 2.25. The van der Waals surface area contributed by atoms with E-state index in [1.807, 2.05) is 7.05 Å². The second-order valence-electron chi connectivity index (χ2n) is 5.43. The van der Waals surface area contributed by atoms with Gasteiger partial charge < -0.3 is 19.9 Å². The van der Waals surface area contributed by atoms with Gasteiger partial charge in [-0.2, -0.15) is 0 Å². The Morgan fingerprint density at radius 2 is 2.13 bits per heavy atom. The largest absolute Gasteiger partial charge is 0.469 e. The van der Waals surface area contributed by atoms with Gasteiger partial charge in [-0.15, -0.1) is 11.3 Å². The fourth-order valence-corrected chi connectivity index (χ4v) is 3.40. The molecule has 0 aliphatic carbocycles. The number of anilines is 1. The molecule has 0 atom stereocenters. The van der Waals surface area contributed by atoms with Crippen molar-refractivity contribution in [3.8, 4) is 0 Å². The molecule has 2 heterocycles. The number of methoxy groups -OCH3 is 1. The van der Waals surface area contributed by atoms with E-state index in [0.29, 0.717) is 6.42 Å². The van der Waals surface area contributed by atoms with Crippen molar-refractivity contribution in [3.05, 3.63) is 17.5 Å². The smallest absolute Gasteiger partial charge is 0.305 e. The van der Waals surface area contributed by atoms with Crippen molar-refractivity contribution in [1.29, 1.82) is 0 Å². The van der Waals surface area contributed by atoms with Crippen LogP contribution in [0.4, 0.5) is 5.00 Å². The number of esters is 1. The molecular formula is C16H26N4O2S. The number of nitrogens with one attached hydrogen (secondary N) is 1. The van der Waals surface area contributed by atoms with Crippen molar-refractivity contribution in [3.63, 3.8) is 0 Å². The predicted molar refractivity (Wildman–Crippen MR) is 95.3 cm³/mol. The minimum atomic E-state index is -0.140. The monoisotopic (exact) mass is 338 g/mol. The number of aliphatic imine (C=N–C) groups is 1. The van der Waals surface area contributed by atoms with Crippen LogP contribution in [-0.4, -0.2) is 63.7 Å². The Hall–Kier alpha value is -1.76. The molecular weight excluding hydrogens is 312 g/mol. The molecule has 0 aromatic carbocycles. The summed E-state index contributed by atoms with van der Waals surface area (Å²) < 4.78 is 4.64. The topological polar surface area (TPSA) is 57.2 Å². The van der Waals surface area contributed by atoms with Gasteiger partial charge in [-0.1, -0.05) is 0 Å². The lowest BCUT2D eigenvalue weighted by atomic mass is 10.2. The number of ether oxygens (including phenoxy) is 1. The molecule has 0 radical (unpaired) electrons. The highest BCUT2D eigenvalue weighted by molar-refractivity contribution is 7.14. The molecule has 2 rings (SSSR count). The number of hydrogen-bond donors (Lipinski definition) is 1. The van der Waals surface area contributed by atoms with E-state index >= 15 is 0 Å². The van der Waals surface area contributed by atoms with E-state index in [9.17, 15) is 4.79 Å². The van der Waals surface area contributed by atoms with E-state index < -0.39 is 0 Å². The molecule has 0 bridgehead atoms. The van der Waals surface area contributed by atoms with Crippen molar-refractivity contribution >= 4 is 28.3 Å².